The minimum absolute atomic E-state index is 0.0363. The molecule has 2 saturated heterocycles. The molecule has 29 heavy (non-hydrogen) atoms. The maximum atomic E-state index is 12.9. The molecule has 0 aliphatic carbocycles. The Morgan fingerprint density at radius 2 is 1.90 bits per heavy atom. The Kier molecular flexibility index (Phi) is 6.24. The third-order valence-corrected chi connectivity index (χ3v) is 5.77. The normalized spacial score (nSPS) is 19.9. The summed E-state index contributed by atoms with van der Waals surface area (Å²) in [5, 5.41) is 7.29. The predicted octanol–water partition coefficient (Wildman–Crippen LogP) is 2.57. The lowest BCUT2D eigenvalue weighted by Gasteiger charge is -2.35. The van der Waals surface area contributed by atoms with E-state index in [0.29, 0.717) is 38.4 Å². The number of morpholine rings is 1. The Balaban J connectivity index is 1.42. The van der Waals surface area contributed by atoms with Crippen molar-refractivity contribution in [3.63, 3.8) is 0 Å². The van der Waals surface area contributed by atoms with Crippen molar-refractivity contribution in [2.45, 2.75) is 38.1 Å². The van der Waals surface area contributed by atoms with Crippen molar-refractivity contribution in [2.75, 3.05) is 32.8 Å². The van der Waals surface area contributed by atoms with Crippen LogP contribution in [0.3, 0.4) is 0 Å². The van der Waals surface area contributed by atoms with Crippen LogP contribution in [-0.4, -0.2) is 64.7 Å². The molecule has 7 nitrogen and oxygen atoms in total. The zero-order chi connectivity index (χ0) is 20.1. The summed E-state index contributed by atoms with van der Waals surface area (Å²) in [5.74, 6) is 0.0859. The van der Waals surface area contributed by atoms with E-state index < -0.39 is 0 Å². The Morgan fingerprint density at radius 3 is 2.69 bits per heavy atom. The number of hydrogen-bond donors (Lipinski definition) is 1. The molecule has 2 aromatic rings. The molecule has 2 aliphatic rings. The van der Waals surface area contributed by atoms with Crippen LogP contribution in [0.5, 0.6) is 0 Å². The van der Waals surface area contributed by atoms with E-state index in [0.717, 1.165) is 37.9 Å². The number of hydrogen-bond acceptors (Lipinski definition) is 4. The standard InChI is InChI=1S/C22H28N4O3/c27-21(10-9-17-6-2-1-3-7-17)26-11-5-4-8-20(26)18-16-19(24-23-18)22(28)25-12-14-29-15-13-25/h1-3,6-7,16,20H,4-5,8-15H2,(H,23,24)/t20-/m0/s1. The summed E-state index contributed by atoms with van der Waals surface area (Å²) in [7, 11) is 0. The van der Waals surface area contributed by atoms with Crippen LogP contribution in [-0.2, 0) is 16.0 Å². The summed E-state index contributed by atoms with van der Waals surface area (Å²) in [4.78, 5) is 29.4. The smallest absolute Gasteiger partial charge is 0.274 e. The Morgan fingerprint density at radius 1 is 1.10 bits per heavy atom. The number of nitrogens with zero attached hydrogens (tertiary/aromatic N) is 3. The molecule has 1 atom stereocenters. The second-order valence-corrected chi connectivity index (χ2v) is 7.70. The number of aromatic nitrogens is 2. The van der Waals surface area contributed by atoms with Crippen LogP contribution in [0.1, 0.15) is 53.5 Å². The minimum atomic E-state index is -0.0754. The number of benzene rings is 1. The van der Waals surface area contributed by atoms with E-state index >= 15 is 0 Å². The van der Waals surface area contributed by atoms with E-state index in [9.17, 15) is 9.59 Å². The first-order valence-corrected chi connectivity index (χ1v) is 10.5. The summed E-state index contributed by atoms with van der Waals surface area (Å²) in [6.07, 6.45) is 4.21. The lowest BCUT2D eigenvalue weighted by Crippen LogP contribution is -2.40. The van der Waals surface area contributed by atoms with Crippen molar-refractivity contribution >= 4 is 11.8 Å². The van der Waals surface area contributed by atoms with Crippen LogP contribution in [0.4, 0.5) is 0 Å². The monoisotopic (exact) mass is 396 g/mol. The van der Waals surface area contributed by atoms with E-state index in [1.165, 1.54) is 5.56 Å². The van der Waals surface area contributed by atoms with E-state index in [2.05, 4.69) is 22.3 Å². The molecule has 2 aliphatic heterocycles. The van der Waals surface area contributed by atoms with Crippen molar-refractivity contribution in [1.29, 1.82) is 0 Å². The highest BCUT2D eigenvalue weighted by molar-refractivity contribution is 5.92. The largest absolute Gasteiger partial charge is 0.378 e. The number of likely N-dealkylation sites (tertiary alicyclic amines) is 1. The number of carbonyl (C=O) groups excluding carboxylic acids is 2. The fourth-order valence-corrected chi connectivity index (χ4v) is 4.14. The molecule has 1 aromatic carbocycles. The molecule has 1 N–H and O–H groups in total. The molecule has 2 fully saturated rings. The third kappa shape index (κ3) is 4.67. The van der Waals surface area contributed by atoms with Crippen molar-refractivity contribution < 1.29 is 14.3 Å². The van der Waals surface area contributed by atoms with E-state index in [4.69, 9.17) is 4.74 Å². The molecule has 154 valence electrons. The van der Waals surface area contributed by atoms with Crippen LogP contribution < -0.4 is 0 Å². The number of piperidine rings is 1. The highest BCUT2D eigenvalue weighted by Crippen LogP contribution is 2.31. The molecule has 4 rings (SSSR count). The topological polar surface area (TPSA) is 78.5 Å². The quantitative estimate of drug-likeness (QED) is 0.843. The Labute approximate surface area is 171 Å². The van der Waals surface area contributed by atoms with Gasteiger partial charge < -0.3 is 14.5 Å². The average molecular weight is 396 g/mol. The van der Waals surface area contributed by atoms with Gasteiger partial charge in [-0.05, 0) is 37.3 Å². The van der Waals surface area contributed by atoms with Crippen molar-refractivity contribution in [2.24, 2.45) is 0 Å². The first-order chi connectivity index (χ1) is 14.2. The number of aryl methyl sites for hydroxylation is 1. The van der Waals surface area contributed by atoms with Crippen LogP contribution in [0.15, 0.2) is 36.4 Å². The summed E-state index contributed by atoms with van der Waals surface area (Å²) in [6.45, 7) is 3.07. The van der Waals surface area contributed by atoms with Crippen molar-refractivity contribution in [1.82, 2.24) is 20.0 Å². The van der Waals surface area contributed by atoms with E-state index in [1.54, 1.807) is 4.90 Å². The second kappa shape index (κ2) is 9.22. The van der Waals surface area contributed by atoms with Gasteiger partial charge in [-0.15, -0.1) is 0 Å². The molecular weight excluding hydrogens is 368 g/mol. The number of H-pyrrole nitrogens is 1. The molecule has 0 spiro atoms. The van der Waals surface area contributed by atoms with Gasteiger partial charge in [0.25, 0.3) is 5.91 Å². The van der Waals surface area contributed by atoms with E-state index in [-0.39, 0.29) is 17.9 Å². The fraction of sp³-hybridized carbons (Fsp3) is 0.500. The third-order valence-electron chi connectivity index (χ3n) is 5.77. The predicted molar refractivity (Wildman–Crippen MR) is 108 cm³/mol. The van der Waals surface area contributed by atoms with Gasteiger partial charge in [0.2, 0.25) is 5.91 Å². The van der Waals surface area contributed by atoms with Gasteiger partial charge >= 0.3 is 0 Å². The lowest BCUT2D eigenvalue weighted by atomic mass is 9.98. The van der Waals surface area contributed by atoms with Gasteiger partial charge in [0.1, 0.15) is 5.69 Å². The van der Waals surface area contributed by atoms with Gasteiger partial charge in [0, 0.05) is 26.1 Å². The first-order valence-electron chi connectivity index (χ1n) is 10.5. The zero-order valence-electron chi connectivity index (χ0n) is 16.7. The highest BCUT2D eigenvalue weighted by Gasteiger charge is 2.30. The summed E-state index contributed by atoms with van der Waals surface area (Å²) >= 11 is 0. The second-order valence-electron chi connectivity index (χ2n) is 7.70. The number of rotatable bonds is 5. The number of ether oxygens (including phenoxy) is 1. The van der Waals surface area contributed by atoms with Crippen molar-refractivity contribution in [3.05, 3.63) is 53.3 Å². The van der Waals surface area contributed by atoms with Gasteiger partial charge in [0.15, 0.2) is 0 Å². The first kappa shape index (κ1) is 19.6. The average Bonchev–Trinajstić information content (AvgIpc) is 3.28. The fourth-order valence-electron chi connectivity index (χ4n) is 4.14. The van der Waals surface area contributed by atoms with Crippen LogP contribution in [0, 0.1) is 0 Å². The Hall–Kier alpha value is -2.67. The molecule has 1 aromatic heterocycles. The number of nitrogens with one attached hydrogen (secondary N) is 1. The van der Waals surface area contributed by atoms with Crippen LogP contribution in [0.25, 0.3) is 0 Å². The molecule has 0 saturated carbocycles. The Bertz CT molecular complexity index is 830. The summed E-state index contributed by atoms with van der Waals surface area (Å²) in [5.41, 5.74) is 2.45. The van der Waals surface area contributed by atoms with Crippen molar-refractivity contribution in [3.8, 4) is 0 Å². The van der Waals surface area contributed by atoms with Crippen LogP contribution in [0.2, 0.25) is 0 Å². The number of carbonyl (C=O) groups is 2. The maximum Gasteiger partial charge on any atom is 0.274 e. The molecule has 7 heteroatoms. The minimum Gasteiger partial charge on any atom is -0.378 e. The molecule has 3 heterocycles. The summed E-state index contributed by atoms with van der Waals surface area (Å²) in [6, 6.07) is 11.9. The molecular formula is C22H28N4O3. The molecule has 0 unspecified atom stereocenters. The van der Waals surface area contributed by atoms with Gasteiger partial charge in [-0.3, -0.25) is 14.7 Å². The van der Waals surface area contributed by atoms with Gasteiger partial charge in [0.05, 0.1) is 24.9 Å². The van der Waals surface area contributed by atoms with E-state index in [1.807, 2.05) is 29.2 Å². The van der Waals surface area contributed by atoms with Gasteiger partial charge in [-0.25, -0.2) is 0 Å². The SMILES string of the molecule is O=C(c1cc([C@@H]2CCCCN2C(=O)CCc2ccccc2)[nH]n1)N1CCOCC1. The molecule has 2 amide bonds. The maximum absolute atomic E-state index is 12.9. The number of amides is 2. The zero-order valence-corrected chi connectivity index (χ0v) is 16.7. The molecule has 0 radical (unpaired) electrons. The van der Waals surface area contributed by atoms with Crippen LogP contribution >= 0.6 is 0 Å². The van der Waals surface area contributed by atoms with Gasteiger partial charge in [-0.1, -0.05) is 30.3 Å². The number of aromatic amines is 1. The highest BCUT2D eigenvalue weighted by atomic mass is 16.5. The lowest BCUT2D eigenvalue weighted by molar-refractivity contribution is -0.135. The van der Waals surface area contributed by atoms with Gasteiger partial charge in [-0.2, -0.15) is 5.10 Å². The molecule has 0 bridgehead atoms. The summed E-state index contributed by atoms with van der Waals surface area (Å²) < 4.78 is 5.32.